The molecule has 2 amide bonds. The third kappa shape index (κ3) is 9.29. The average Bonchev–Trinajstić information content (AvgIpc) is 2.81. The predicted octanol–water partition coefficient (Wildman–Crippen LogP) is -0.0931. The Morgan fingerprint density at radius 3 is 1.88 bits per heavy atom. The number of amides is 2. The Kier molecular flexibility index (Phi) is 10.5. The number of rotatable bonds is 13. The monoisotopic (exact) mass is 468 g/mol. The molecule has 2 aromatic rings. The zero-order valence-corrected chi connectivity index (χ0v) is 18.9. The highest BCUT2D eigenvalue weighted by molar-refractivity contribution is 5.91. The SMILES string of the molecule is NC(N)=NCCC[C@@H](NC(=O)[C@@H](N)Cc1ccccc1)C(=O)N[C@@H](Cc1ccccc1)C(=O)O. The maximum atomic E-state index is 13.0. The fourth-order valence-corrected chi connectivity index (χ4v) is 3.33. The molecule has 0 saturated heterocycles. The number of aliphatic imine (C=N–C) groups is 1. The Morgan fingerprint density at radius 2 is 1.35 bits per heavy atom. The first-order valence-corrected chi connectivity index (χ1v) is 11.0. The molecule has 0 aliphatic heterocycles. The van der Waals surface area contributed by atoms with E-state index in [0.29, 0.717) is 12.8 Å². The lowest BCUT2D eigenvalue weighted by molar-refractivity contribution is -0.142. The van der Waals surface area contributed by atoms with Crippen LogP contribution in [0.5, 0.6) is 0 Å². The molecule has 0 aliphatic rings. The van der Waals surface area contributed by atoms with Gasteiger partial charge in [-0.1, -0.05) is 60.7 Å². The highest BCUT2D eigenvalue weighted by Gasteiger charge is 2.28. The number of carbonyl (C=O) groups excluding carboxylic acids is 2. The number of hydrogen-bond acceptors (Lipinski definition) is 5. The number of carbonyl (C=O) groups is 3. The molecule has 10 heteroatoms. The molecule has 0 radical (unpaired) electrons. The van der Waals surface area contributed by atoms with E-state index >= 15 is 0 Å². The summed E-state index contributed by atoms with van der Waals surface area (Å²) in [5.74, 6) is -2.39. The van der Waals surface area contributed by atoms with Crippen molar-refractivity contribution in [2.24, 2.45) is 22.2 Å². The Labute approximate surface area is 198 Å². The maximum Gasteiger partial charge on any atom is 0.326 e. The summed E-state index contributed by atoms with van der Waals surface area (Å²) >= 11 is 0. The van der Waals surface area contributed by atoms with Crippen LogP contribution in [0.25, 0.3) is 0 Å². The van der Waals surface area contributed by atoms with Gasteiger partial charge >= 0.3 is 5.97 Å². The van der Waals surface area contributed by atoms with Crippen LogP contribution in [-0.4, -0.2) is 53.5 Å². The summed E-state index contributed by atoms with van der Waals surface area (Å²) in [5.41, 5.74) is 18.4. The zero-order chi connectivity index (χ0) is 24.9. The first kappa shape index (κ1) is 26.3. The second-order valence-electron chi connectivity index (χ2n) is 7.90. The molecular weight excluding hydrogens is 436 g/mol. The fourth-order valence-electron chi connectivity index (χ4n) is 3.33. The van der Waals surface area contributed by atoms with Crippen molar-refractivity contribution < 1.29 is 19.5 Å². The lowest BCUT2D eigenvalue weighted by atomic mass is 10.0. The van der Waals surface area contributed by atoms with E-state index in [4.69, 9.17) is 17.2 Å². The van der Waals surface area contributed by atoms with Gasteiger partial charge in [-0.25, -0.2) is 4.79 Å². The van der Waals surface area contributed by atoms with Crippen LogP contribution in [0.4, 0.5) is 0 Å². The molecule has 0 aromatic heterocycles. The first-order chi connectivity index (χ1) is 16.3. The topological polar surface area (TPSA) is 186 Å². The van der Waals surface area contributed by atoms with Crippen molar-refractivity contribution in [1.82, 2.24) is 10.6 Å². The summed E-state index contributed by atoms with van der Waals surface area (Å²) in [6.07, 6.45) is 0.982. The van der Waals surface area contributed by atoms with Crippen molar-refractivity contribution in [3.63, 3.8) is 0 Å². The third-order valence-corrected chi connectivity index (χ3v) is 5.11. The van der Waals surface area contributed by atoms with Crippen LogP contribution < -0.4 is 27.8 Å². The number of carboxylic acid groups (broad SMARTS) is 1. The van der Waals surface area contributed by atoms with E-state index in [-0.39, 0.29) is 25.3 Å². The van der Waals surface area contributed by atoms with E-state index in [1.807, 2.05) is 36.4 Å². The predicted molar refractivity (Wildman–Crippen MR) is 130 cm³/mol. The number of aliphatic carboxylic acids is 1. The Hall–Kier alpha value is -3.92. The molecule has 2 rings (SSSR count). The second kappa shape index (κ2) is 13.6. The Bertz CT molecular complexity index is 964. The van der Waals surface area contributed by atoms with E-state index in [2.05, 4.69) is 15.6 Å². The fraction of sp³-hybridized carbons (Fsp3) is 0.333. The van der Waals surface area contributed by atoms with Crippen molar-refractivity contribution in [3.8, 4) is 0 Å². The molecule has 0 spiro atoms. The van der Waals surface area contributed by atoms with E-state index < -0.39 is 35.9 Å². The van der Waals surface area contributed by atoms with Crippen LogP contribution in [0.3, 0.4) is 0 Å². The lowest BCUT2D eigenvalue weighted by Gasteiger charge is -2.23. The maximum absolute atomic E-state index is 13.0. The van der Waals surface area contributed by atoms with Crippen LogP contribution in [0, 0.1) is 0 Å². The number of guanidine groups is 1. The van der Waals surface area contributed by atoms with Crippen molar-refractivity contribution in [2.45, 2.75) is 43.8 Å². The smallest absolute Gasteiger partial charge is 0.326 e. The molecule has 0 aliphatic carbocycles. The van der Waals surface area contributed by atoms with Gasteiger partial charge in [-0.15, -0.1) is 0 Å². The van der Waals surface area contributed by atoms with E-state index in [1.165, 1.54) is 0 Å². The van der Waals surface area contributed by atoms with Gasteiger partial charge < -0.3 is 32.9 Å². The van der Waals surface area contributed by atoms with Gasteiger partial charge in [0, 0.05) is 13.0 Å². The van der Waals surface area contributed by atoms with Crippen LogP contribution in [0.15, 0.2) is 65.7 Å². The number of nitrogens with one attached hydrogen (secondary N) is 2. The van der Waals surface area contributed by atoms with Gasteiger partial charge in [0.15, 0.2) is 5.96 Å². The van der Waals surface area contributed by atoms with Crippen LogP contribution in [-0.2, 0) is 27.2 Å². The van der Waals surface area contributed by atoms with E-state index in [0.717, 1.165) is 11.1 Å². The van der Waals surface area contributed by atoms with Crippen molar-refractivity contribution >= 4 is 23.7 Å². The van der Waals surface area contributed by atoms with Crippen LogP contribution >= 0.6 is 0 Å². The Balaban J connectivity index is 2.07. The molecular formula is C24H32N6O4. The summed E-state index contributed by atoms with van der Waals surface area (Å²) in [6.45, 7) is 0.254. The van der Waals surface area contributed by atoms with Gasteiger partial charge in [-0.05, 0) is 30.4 Å². The normalized spacial score (nSPS) is 13.2. The largest absolute Gasteiger partial charge is 0.480 e. The summed E-state index contributed by atoms with van der Waals surface area (Å²) < 4.78 is 0. The second-order valence-corrected chi connectivity index (χ2v) is 7.90. The molecule has 0 fully saturated rings. The standard InChI is InChI=1S/C24H32N6O4/c25-18(14-16-8-3-1-4-9-16)21(31)29-19(12-7-13-28-24(26)27)22(32)30-20(23(33)34)15-17-10-5-2-6-11-17/h1-6,8-11,18-20H,7,12-15,25H2,(H,29,31)(H,30,32)(H,33,34)(H4,26,27,28)/t18-,19+,20-/m0/s1. The quantitative estimate of drug-likeness (QED) is 0.135. The molecule has 0 heterocycles. The van der Waals surface area contributed by atoms with Gasteiger partial charge in [0.2, 0.25) is 11.8 Å². The van der Waals surface area contributed by atoms with Gasteiger partial charge in [0.25, 0.3) is 0 Å². The highest BCUT2D eigenvalue weighted by atomic mass is 16.4. The van der Waals surface area contributed by atoms with Crippen molar-refractivity contribution in [3.05, 3.63) is 71.8 Å². The minimum absolute atomic E-state index is 0.0799. The van der Waals surface area contributed by atoms with Crippen LogP contribution in [0.1, 0.15) is 24.0 Å². The van der Waals surface area contributed by atoms with E-state index in [9.17, 15) is 19.5 Å². The zero-order valence-electron chi connectivity index (χ0n) is 18.9. The van der Waals surface area contributed by atoms with Crippen molar-refractivity contribution in [1.29, 1.82) is 0 Å². The number of carboxylic acids is 1. The van der Waals surface area contributed by atoms with Gasteiger partial charge in [-0.3, -0.25) is 14.6 Å². The summed E-state index contributed by atoms with van der Waals surface area (Å²) in [7, 11) is 0. The Morgan fingerprint density at radius 1 is 0.824 bits per heavy atom. The molecule has 3 atom stereocenters. The molecule has 10 nitrogen and oxygen atoms in total. The average molecular weight is 469 g/mol. The summed E-state index contributed by atoms with van der Waals surface area (Å²) in [4.78, 5) is 41.3. The van der Waals surface area contributed by atoms with Crippen LogP contribution in [0.2, 0.25) is 0 Å². The highest BCUT2D eigenvalue weighted by Crippen LogP contribution is 2.07. The van der Waals surface area contributed by atoms with Crippen molar-refractivity contribution in [2.75, 3.05) is 6.54 Å². The summed E-state index contributed by atoms with van der Waals surface area (Å²) in [6, 6.07) is 15.2. The summed E-state index contributed by atoms with van der Waals surface area (Å²) in [5, 5.41) is 14.8. The lowest BCUT2D eigenvalue weighted by Crippen LogP contribution is -2.55. The van der Waals surface area contributed by atoms with Gasteiger partial charge in [0.1, 0.15) is 12.1 Å². The van der Waals surface area contributed by atoms with E-state index in [1.54, 1.807) is 24.3 Å². The number of benzene rings is 2. The van der Waals surface area contributed by atoms with Gasteiger partial charge in [0.05, 0.1) is 6.04 Å². The van der Waals surface area contributed by atoms with Gasteiger partial charge in [-0.2, -0.15) is 0 Å². The molecule has 34 heavy (non-hydrogen) atoms. The molecule has 182 valence electrons. The minimum Gasteiger partial charge on any atom is -0.480 e. The number of nitrogens with zero attached hydrogens (tertiary/aromatic N) is 1. The number of nitrogens with two attached hydrogens (primary N) is 3. The molecule has 2 aromatic carbocycles. The molecule has 0 saturated carbocycles. The third-order valence-electron chi connectivity index (χ3n) is 5.11. The first-order valence-electron chi connectivity index (χ1n) is 11.0. The molecule has 9 N–H and O–H groups in total. The molecule has 0 bridgehead atoms. The minimum atomic E-state index is -1.18. The molecule has 0 unspecified atom stereocenters. The number of hydrogen-bond donors (Lipinski definition) is 6.